The lowest BCUT2D eigenvalue weighted by Crippen LogP contribution is -2.34. The lowest BCUT2D eigenvalue weighted by molar-refractivity contribution is -0.203. The van der Waals surface area contributed by atoms with Crippen LogP contribution in [0.15, 0.2) is 12.7 Å². The number of ether oxygens (including phenoxy) is 3. The van der Waals surface area contributed by atoms with E-state index in [1.165, 1.54) is 6.33 Å². The Morgan fingerprint density at radius 3 is 2.83 bits per heavy atom. The van der Waals surface area contributed by atoms with E-state index in [0.29, 0.717) is 23.5 Å². The van der Waals surface area contributed by atoms with E-state index >= 15 is 0 Å². The van der Waals surface area contributed by atoms with Gasteiger partial charge in [-0.2, -0.15) is 0 Å². The minimum absolute atomic E-state index is 0.150. The molecule has 9 nitrogen and oxygen atoms in total. The molecule has 5 atom stereocenters. The molecule has 24 heavy (non-hydrogen) atoms. The molecule has 2 aromatic rings. The first-order valence-corrected chi connectivity index (χ1v) is 8.12. The van der Waals surface area contributed by atoms with E-state index in [4.69, 9.17) is 25.7 Å². The maximum atomic E-state index is 6.41. The standard InChI is InChI=1S/C15H20N6O3/c1-14(2)22-9-10(23-14)15(3-7(15)4-16)24-13(9)21-6-20-8-11(17)18-5-19-12(8)21/h5-7,9-10,13H,3-4,16H2,1-2H3,(H2,17,18,19)/t7?,9-,10?,13?,15-/m0/s1. The Balaban J connectivity index is 1.59. The maximum absolute atomic E-state index is 6.41. The number of anilines is 1. The molecule has 3 fully saturated rings. The molecule has 128 valence electrons. The van der Waals surface area contributed by atoms with E-state index in [2.05, 4.69) is 15.0 Å². The number of imidazole rings is 1. The van der Waals surface area contributed by atoms with Gasteiger partial charge in [0.15, 0.2) is 23.5 Å². The number of rotatable bonds is 2. The fourth-order valence-corrected chi connectivity index (χ4v) is 4.11. The van der Waals surface area contributed by atoms with Gasteiger partial charge in [0.1, 0.15) is 29.7 Å². The van der Waals surface area contributed by atoms with Crippen molar-refractivity contribution in [3.63, 3.8) is 0 Å². The van der Waals surface area contributed by atoms with E-state index in [-0.39, 0.29) is 30.0 Å². The van der Waals surface area contributed by atoms with Gasteiger partial charge in [-0.3, -0.25) is 4.57 Å². The third-order valence-corrected chi connectivity index (χ3v) is 5.27. The summed E-state index contributed by atoms with van der Waals surface area (Å²) in [6, 6.07) is 0. The zero-order chi connectivity index (χ0) is 16.7. The summed E-state index contributed by atoms with van der Waals surface area (Å²) in [6.45, 7) is 4.41. The third kappa shape index (κ3) is 1.75. The van der Waals surface area contributed by atoms with Gasteiger partial charge < -0.3 is 25.7 Å². The highest BCUT2D eigenvalue weighted by Crippen LogP contribution is 2.61. The van der Waals surface area contributed by atoms with Gasteiger partial charge in [-0.1, -0.05) is 0 Å². The zero-order valence-corrected chi connectivity index (χ0v) is 13.5. The van der Waals surface area contributed by atoms with Crippen LogP contribution in [0.1, 0.15) is 26.5 Å². The van der Waals surface area contributed by atoms with E-state index in [1.807, 2.05) is 18.4 Å². The van der Waals surface area contributed by atoms with Gasteiger partial charge in [0.2, 0.25) is 0 Å². The first-order valence-electron chi connectivity index (χ1n) is 8.12. The second-order valence-electron chi connectivity index (χ2n) is 7.20. The van der Waals surface area contributed by atoms with Crippen molar-refractivity contribution >= 4 is 17.0 Å². The first-order chi connectivity index (χ1) is 11.5. The van der Waals surface area contributed by atoms with E-state index in [0.717, 1.165) is 6.42 Å². The fourth-order valence-electron chi connectivity index (χ4n) is 4.11. The van der Waals surface area contributed by atoms with Crippen LogP contribution in [0.3, 0.4) is 0 Å². The van der Waals surface area contributed by atoms with Crippen LogP contribution >= 0.6 is 0 Å². The van der Waals surface area contributed by atoms with Crippen molar-refractivity contribution in [1.82, 2.24) is 19.5 Å². The highest BCUT2D eigenvalue weighted by atomic mass is 16.8. The predicted molar refractivity (Wildman–Crippen MR) is 83.6 cm³/mol. The van der Waals surface area contributed by atoms with Crippen LogP contribution < -0.4 is 11.5 Å². The Kier molecular flexibility index (Phi) is 2.68. The van der Waals surface area contributed by atoms with Crippen molar-refractivity contribution in [2.45, 2.75) is 50.1 Å². The third-order valence-electron chi connectivity index (χ3n) is 5.27. The molecule has 0 aromatic carbocycles. The van der Waals surface area contributed by atoms with Crippen molar-refractivity contribution in [3.8, 4) is 0 Å². The van der Waals surface area contributed by atoms with Crippen molar-refractivity contribution in [2.24, 2.45) is 11.7 Å². The van der Waals surface area contributed by atoms with Crippen LogP contribution in [0.2, 0.25) is 0 Å². The number of hydrogen-bond acceptors (Lipinski definition) is 8. The molecule has 0 radical (unpaired) electrons. The highest BCUT2D eigenvalue weighted by molar-refractivity contribution is 5.81. The largest absolute Gasteiger partial charge is 0.382 e. The monoisotopic (exact) mass is 332 g/mol. The van der Waals surface area contributed by atoms with Gasteiger partial charge in [0.05, 0.1) is 6.33 Å². The van der Waals surface area contributed by atoms with Gasteiger partial charge >= 0.3 is 0 Å². The van der Waals surface area contributed by atoms with Crippen molar-refractivity contribution in [2.75, 3.05) is 12.3 Å². The molecule has 1 aliphatic carbocycles. The van der Waals surface area contributed by atoms with Gasteiger partial charge in [-0.05, 0) is 26.8 Å². The lowest BCUT2D eigenvalue weighted by atomic mass is 10.1. The second kappa shape index (κ2) is 4.42. The SMILES string of the molecule is CC1(C)OC2[C@H](O1)C(n1cnc3c(N)ncnc31)O[C@]21CC1CN. The summed E-state index contributed by atoms with van der Waals surface area (Å²) in [6.07, 6.45) is 3.20. The van der Waals surface area contributed by atoms with Crippen LogP contribution in [0, 0.1) is 5.92 Å². The average Bonchev–Trinajstić information content (AvgIpc) is 2.78. The topological polar surface area (TPSA) is 123 Å². The minimum Gasteiger partial charge on any atom is -0.382 e. The van der Waals surface area contributed by atoms with Crippen LogP contribution in [0.25, 0.3) is 11.2 Å². The zero-order valence-electron chi connectivity index (χ0n) is 13.5. The van der Waals surface area contributed by atoms with Crippen LogP contribution in [0.5, 0.6) is 0 Å². The molecule has 2 saturated heterocycles. The fraction of sp³-hybridized carbons (Fsp3) is 0.667. The minimum atomic E-state index is -0.656. The number of nitrogens with zero attached hydrogens (tertiary/aromatic N) is 4. The summed E-state index contributed by atoms with van der Waals surface area (Å²) >= 11 is 0. The second-order valence-corrected chi connectivity index (χ2v) is 7.20. The van der Waals surface area contributed by atoms with E-state index in [9.17, 15) is 0 Å². The van der Waals surface area contributed by atoms with E-state index < -0.39 is 5.79 Å². The van der Waals surface area contributed by atoms with Gasteiger partial charge in [0, 0.05) is 5.92 Å². The number of hydrogen-bond donors (Lipinski definition) is 2. The van der Waals surface area contributed by atoms with Crippen molar-refractivity contribution < 1.29 is 14.2 Å². The normalized spacial score (nSPS) is 39.6. The summed E-state index contributed by atoms with van der Waals surface area (Å²) in [7, 11) is 0. The van der Waals surface area contributed by atoms with Crippen LogP contribution in [-0.4, -0.2) is 49.7 Å². The molecule has 2 aromatic heterocycles. The smallest absolute Gasteiger partial charge is 0.167 e. The van der Waals surface area contributed by atoms with Crippen molar-refractivity contribution in [1.29, 1.82) is 0 Å². The van der Waals surface area contributed by atoms with Gasteiger partial charge in [-0.25, -0.2) is 15.0 Å². The molecular weight excluding hydrogens is 312 g/mol. The Morgan fingerprint density at radius 1 is 1.25 bits per heavy atom. The molecule has 4 N–H and O–H groups in total. The molecule has 1 spiro atoms. The first kappa shape index (κ1) is 14.5. The number of fused-ring (bicyclic) bond motifs is 3. The molecule has 0 amide bonds. The summed E-state index contributed by atoms with van der Waals surface area (Å²) < 4.78 is 20.6. The molecule has 3 aliphatic rings. The molecule has 9 heteroatoms. The Labute approximate surface area is 138 Å². The molecule has 4 heterocycles. The number of nitrogen functional groups attached to an aromatic ring is 1. The number of aromatic nitrogens is 4. The number of nitrogens with two attached hydrogens (primary N) is 2. The Hall–Kier alpha value is -1.81. The molecular formula is C15H20N6O3. The molecule has 3 unspecified atom stereocenters. The van der Waals surface area contributed by atoms with Gasteiger partial charge in [-0.15, -0.1) is 0 Å². The molecule has 1 saturated carbocycles. The highest BCUT2D eigenvalue weighted by Gasteiger charge is 2.73. The molecule has 2 aliphatic heterocycles. The van der Waals surface area contributed by atoms with Crippen LogP contribution in [-0.2, 0) is 14.2 Å². The summed E-state index contributed by atoms with van der Waals surface area (Å²) in [4.78, 5) is 12.6. The van der Waals surface area contributed by atoms with E-state index in [1.54, 1.807) is 6.33 Å². The molecule has 5 rings (SSSR count). The Morgan fingerprint density at radius 2 is 2.08 bits per heavy atom. The average molecular weight is 332 g/mol. The molecule has 0 bridgehead atoms. The van der Waals surface area contributed by atoms with Gasteiger partial charge in [0.25, 0.3) is 0 Å². The Bertz CT molecular complexity index is 823. The summed E-state index contributed by atoms with van der Waals surface area (Å²) in [5.41, 5.74) is 12.6. The summed E-state index contributed by atoms with van der Waals surface area (Å²) in [5.74, 6) is -0.0311. The van der Waals surface area contributed by atoms with Crippen LogP contribution in [0.4, 0.5) is 5.82 Å². The van der Waals surface area contributed by atoms with Crippen molar-refractivity contribution in [3.05, 3.63) is 12.7 Å². The lowest BCUT2D eigenvalue weighted by Gasteiger charge is -2.25. The summed E-state index contributed by atoms with van der Waals surface area (Å²) in [5, 5.41) is 0. The maximum Gasteiger partial charge on any atom is 0.167 e. The predicted octanol–water partition coefficient (Wildman–Crippen LogP) is 0.175. The quantitative estimate of drug-likeness (QED) is 0.798.